The summed E-state index contributed by atoms with van der Waals surface area (Å²) in [6, 6.07) is 20.8. The minimum Gasteiger partial charge on any atom is -0.349 e. The van der Waals surface area contributed by atoms with Crippen molar-refractivity contribution in [2.24, 2.45) is 0 Å². The number of rotatable bonds is 7. The van der Waals surface area contributed by atoms with Crippen LogP contribution in [0.25, 0.3) is 11.3 Å². The van der Waals surface area contributed by atoms with Gasteiger partial charge in [-0.25, -0.2) is 4.98 Å². The van der Waals surface area contributed by atoms with Gasteiger partial charge in [0.05, 0.1) is 28.6 Å². The van der Waals surface area contributed by atoms with Gasteiger partial charge in [-0.2, -0.15) is 0 Å². The average molecular weight is 463 g/mol. The lowest BCUT2D eigenvalue weighted by Gasteiger charge is -2.28. The van der Waals surface area contributed by atoms with Crippen LogP contribution in [0.1, 0.15) is 18.2 Å². The van der Waals surface area contributed by atoms with Gasteiger partial charge in [0.2, 0.25) is 5.91 Å². The standard InChI is InChI=1S/C25H23ClN4OS/c1-17-10-12-19(13-11-17)22-16-32-25(29-22)30(23-9-4-3-8-21(23)26)18(2)24(31)28-15-20-7-5-6-14-27-20/h3-14,16,18H,15H2,1-2H3,(H,28,31). The number of hydrogen-bond acceptors (Lipinski definition) is 5. The van der Waals surface area contributed by atoms with Crippen molar-refractivity contribution in [3.8, 4) is 11.3 Å². The van der Waals surface area contributed by atoms with E-state index >= 15 is 0 Å². The van der Waals surface area contributed by atoms with Crippen LogP contribution in [-0.2, 0) is 11.3 Å². The number of aryl methyl sites for hydroxylation is 1. The van der Waals surface area contributed by atoms with Crippen molar-refractivity contribution in [1.82, 2.24) is 15.3 Å². The van der Waals surface area contributed by atoms with E-state index in [2.05, 4.69) is 41.5 Å². The van der Waals surface area contributed by atoms with Crippen molar-refractivity contribution in [3.63, 3.8) is 0 Å². The number of aromatic nitrogens is 2. The quantitative estimate of drug-likeness (QED) is 0.365. The van der Waals surface area contributed by atoms with Crippen molar-refractivity contribution in [2.45, 2.75) is 26.4 Å². The molecule has 7 heteroatoms. The Balaban J connectivity index is 1.63. The fraction of sp³-hybridized carbons (Fsp3) is 0.160. The van der Waals surface area contributed by atoms with Gasteiger partial charge in [0, 0.05) is 17.1 Å². The lowest BCUT2D eigenvalue weighted by molar-refractivity contribution is -0.122. The van der Waals surface area contributed by atoms with Crippen LogP contribution in [0.4, 0.5) is 10.8 Å². The maximum Gasteiger partial charge on any atom is 0.243 e. The highest BCUT2D eigenvalue weighted by Crippen LogP contribution is 2.37. The van der Waals surface area contributed by atoms with Gasteiger partial charge in [-0.3, -0.25) is 9.78 Å². The van der Waals surface area contributed by atoms with Crippen LogP contribution in [0, 0.1) is 6.92 Å². The zero-order valence-electron chi connectivity index (χ0n) is 17.8. The number of amides is 1. The van der Waals surface area contributed by atoms with Crippen molar-refractivity contribution in [2.75, 3.05) is 4.90 Å². The number of carbonyl (C=O) groups is 1. The van der Waals surface area contributed by atoms with Gasteiger partial charge in [0.15, 0.2) is 5.13 Å². The molecule has 0 aliphatic carbocycles. The van der Waals surface area contributed by atoms with E-state index in [1.807, 2.05) is 59.7 Å². The van der Waals surface area contributed by atoms with E-state index in [0.29, 0.717) is 16.7 Å². The van der Waals surface area contributed by atoms with E-state index in [1.165, 1.54) is 16.9 Å². The van der Waals surface area contributed by atoms with Crippen LogP contribution >= 0.6 is 22.9 Å². The molecule has 0 saturated carbocycles. The van der Waals surface area contributed by atoms with Crippen LogP contribution in [0.2, 0.25) is 5.02 Å². The van der Waals surface area contributed by atoms with Crippen LogP contribution in [-0.4, -0.2) is 21.9 Å². The number of nitrogens with zero attached hydrogens (tertiary/aromatic N) is 3. The number of thiazole rings is 1. The minimum atomic E-state index is -0.532. The predicted molar refractivity (Wildman–Crippen MR) is 131 cm³/mol. The Kier molecular flexibility index (Phi) is 6.83. The first-order valence-corrected chi connectivity index (χ1v) is 11.5. The Morgan fingerprint density at radius 2 is 1.84 bits per heavy atom. The van der Waals surface area contributed by atoms with Gasteiger partial charge in [-0.15, -0.1) is 11.3 Å². The summed E-state index contributed by atoms with van der Waals surface area (Å²) in [6.07, 6.45) is 1.71. The molecule has 4 aromatic rings. The summed E-state index contributed by atoms with van der Waals surface area (Å²) in [6.45, 7) is 4.26. The molecule has 162 valence electrons. The highest BCUT2D eigenvalue weighted by molar-refractivity contribution is 7.14. The Bertz CT molecular complexity index is 1190. The monoisotopic (exact) mass is 462 g/mol. The summed E-state index contributed by atoms with van der Waals surface area (Å²) in [5.41, 5.74) is 4.63. The fourth-order valence-electron chi connectivity index (χ4n) is 3.30. The molecule has 5 nitrogen and oxygen atoms in total. The molecule has 1 unspecified atom stereocenters. The summed E-state index contributed by atoms with van der Waals surface area (Å²) >= 11 is 8.01. The molecule has 1 N–H and O–H groups in total. The van der Waals surface area contributed by atoms with Gasteiger partial charge >= 0.3 is 0 Å². The first kappa shape index (κ1) is 22.0. The average Bonchev–Trinajstić information content (AvgIpc) is 3.29. The first-order chi connectivity index (χ1) is 15.5. The molecule has 0 aliphatic heterocycles. The Labute approximate surface area is 196 Å². The van der Waals surface area contributed by atoms with E-state index in [1.54, 1.807) is 6.20 Å². The molecule has 0 bridgehead atoms. The molecule has 0 spiro atoms. The van der Waals surface area contributed by atoms with E-state index < -0.39 is 6.04 Å². The molecule has 1 atom stereocenters. The van der Waals surface area contributed by atoms with E-state index in [0.717, 1.165) is 22.6 Å². The molecule has 0 aliphatic rings. The number of benzene rings is 2. The molecule has 32 heavy (non-hydrogen) atoms. The van der Waals surface area contributed by atoms with E-state index in [-0.39, 0.29) is 5.91 Å². The fourth-order valence-corrected chi connectivity index (χ4v) is 4.46. The van der Waals surface area contributed by atoms with Gasteiger partial charge in [-0.05, 0) is 38.1 Å². The van der Waals surface area contributed by atoms with Crippen LogP contribution in [0.5, 0.6) is 0 Å². The zero-order chi connectivity index (χ0) is 22.5. The van der Waals surface area contributed by atoms with Crippen molar-refractivity contribution < 1.29 is 4.79 Å². The number of carbonyl (C=O) groups excluding carboxylic acids is 1. The molecule has 0 fully saturated rings. The van der Waals surface area contributed by atoms with Gasteiger partial charge < -0.3 is 10.2 Å². The molecular formula is C25H23ClN4OS. The molecule has 2 heterocycles. The predicted octanol–water partition coefficient (Wildman–Crippen LogP) is 6.01. The summed E-state index contributed by atoms with van der Waals surface area (Å²) < 4.78 is 0. The number of anilines is 2. The third-order valence-corrected chi connectivity index (χ3v) is 6.25. The van der Waals surface area contributed by atoms with Crippen LogP contribution < -0.4 is 10.2 Å². The summed E-state index contributed by atoms with van der Waals surface area (Å²) in [7, 11) is 0. The second kappa shape index (κ2) is 9.94. The smallest absolute Gasteiger partial charge is 0.243 e. The second-order valence-electron chi connectivity index (χ2n) is 7.42. The zero-order valence-corrected chi connectivity index (χ0v) is 19.4. The lowest BCUT2D eigenvalue weighted by atomic mass is 10.1. The molecule has 2 aromatic heterocycles. The molecule has 1 amide bonds. The number of nitrogens with one attached hydrogen (secondary N) is 1. The van der Waals surface area contributed by atoms with Gasteiger partial charge in [-0.1, -0.05) is 59.6 Å². The van der Waals surface area contributed by atoms with E-state index in [9.17, 15) is 4.79 Å². The summed E-state index contributed by atoms with van der Waals surface area (Å²) in [5, 5.41) is 6.24. The summed E-state index contributed by atoms with van der Waals surface area (Å²) in [4.78, 5) is 24.1. The van der Waals surface area contributed by atoms with Crippen LogP contribution in [0.3, 0.4) is 0 Å². The third-order valence-electron chi connectivity index (χ3n) is 5.09. The third kappa shape index (κ3) is 4.98. The lowest BCUT2D eigenvalue weighted by Crippen LogP contribution is -2.43. The molecule has 0 saturated heterocycles. The highest BCUT2D eigenvalue weighted by Gasteiger charge is 2.27. The topological polar surface area (TPSA) is 58.1 Å². The highest BCUT2D eigenvalue weighted by atomic mass is 35.5. The van der Waals surface area contributed by atoms with Gasteiger partial charge in [0.25, 0.3) is 0 Å². The van der Waals surface area contributed by atoms with E-state index in [4.69, 9.17) is 16.6 Å². The normalized spacial score (nSPS) is 11.7. The number of hydrogen-bond donors (Lipinski definition) is 1. The second-order valence-corrected chi connectivity index (χ2v) is 8.66. The molecule has 2 aromatic carbocycles. The maximum absolute atomic E-state index is 13.1. The Hall–Kier alpha value is -3.22. The summed E-state index contributed by atoms with van der Waals surface area (Å²) in [5.74, 6) is -0.136. The number of para-hydroxylation sites is 1. The Morgan fingerprint density at radius 3 is 2.56 bits per heavy atom. The van der Waals surface area contributed by atoms with Crippen molar-refractivity contribution >= 4 is 39.7 Å². The molecular weight excluding hydrogens is 440 g/mol. The van der Waals surface area contributed by atoms with Crippen LogP contribution in [0.15, 0.2) is 78.3 Å². The largest absolute Gasteiger partial charge is 0.349 e. The molecule has 0 radical (unpaired) electrons. The minimum absolute atomic E-state index is 0.136. The molecule has 4 rings (SSSR count). The van der Waals surface area contributed by atoms with Crippen molar-refractivity contribution in [1.29, 1.82) is 0 Å². The van der Waals surface area contributed by atoms with Crippen molar-refractivity contribution in [3.05, 3.63) is 94.6 Å². The number of pyridine rings is 1. The first-order valence-electron chi connectivity index (χ1n) is 10.3. The van der Waals surface area contributed by atoms with Gasteiger partial charge in [0.1, 0.15) is 6.04 Å². The Morgan fingerprint density at radius 1 is 1.09 bits per heavy atom. The SMILES string of the molecule is Cc1ccc(-c2csc(N(c3ccccc3Cl)C(C)C(=O)NCc3ccccn3)n2)cc1. The maximum atomic E-state index is 13.1. The number of halogens is 1.